The van der Waals surface area contributed by atoms with Gasteiger partial charge in [0.15, 0.2) is 5.82 Å². The molecule has 0 saturated carbocycles. The van der Waals surface area contributed by atoms with E-state index < -0.39 is 0 Å². The second kappa shape index (κ2) is 6.52. The molecule has 1 saturated heterocycles. The molecule has 0 aliphatic carbocycles. The van der Waals surface area contributed by atoms with Crippen LogP contribution in [0.4, 0.5) is 0 Å². The van der Waals surface area contributed by atoms with Gasteiger partial charge in [0.25, 0.3) is 0 Å². The van der Waals surface area contributed by atoms with Gasteiger partial charge in [-0.05, 0) is 31.4 Å². The van der Waals surface area contributed by atoms with Gasteiger partial charge in [0, 0.05) is 25.9 Å². The number of carbonyl (C=O) groups excluding carboxylic acids is 1. The molecule has 0 N–H and O–H groups in total. The van der Waals surface area contributed by atoms with Gasteiger partial charge in [-0.3, -0.25) is 4.79 Å². The van der Waals surface area contributed by atoms with Crippen LogP contribution in [0.3, 0.4) is 0 Å². The van der Waals surface area contributed by atoms with Crippen LogP contribution in [0.1, 0.15) is 54.1 Å². The van der Waals surface area contributed by atoms with E-state index in [9.17, 15) is 4.79 Å². The summed E-state index contributed by atoms with van der Waals surface area (Å²) in [7, 11) is 0. The van der Waals surface area contributed by atoms with E-state index >= 15 is 0 Å². The minimum Gasteiger partial charge on any atom is -0.342 e. The van der Waals surface area contributed by atoms with Crippen molar-refractivity contribution in [3.63, 3.8) is 0 Å². The van der Waals surface area contributed by atoms with Crippen LogP contribution < -0.4 is 0 Å². The number of rotatable bonds is 4. The highest BCUT2D eigenvalue weighted by Crippen LogP contribution is 2.26. The highest BCUT2D eigenvalue weighted by atomic mass is 16.5. The molecule has 3 rings (SSSR count). The molecular formula is C18H23N3O2. The van der Waals surface area contributed by atoms with Gasteiger partial charge in [0.2, 0.25) is 11.8 Å². The maximum absolute atomic E-state index is 11.8. The van der Waals surface area contributed by atoms with E-state index in [1.165, 1.54) is 16.7 Å². The molecule has 0 radical (unpaired) electrons. The Morgan fingerprint density at radius 2 is 2.22 bits per heavy atom. The first kappa shape index (κ1) is 15.7. The van der Waals surface area contributed by atoms with Crippen molar-refractivity contribution in [2.24, 2.45) is 0 Å². The summed E-state index contributed by atoms with van der Waals surface area (Å²) in [5.74, 6) is 1.75. The summed E-state index contributed by atoms with van der Waals surface area (Å²) >= 11 is 0. The Balaban J connectivity index is 1.69. The van der Waals surface area contributed by atoms with Gasteiger partial charge in [0.05, 0.1) is 5.92 Å². The fourth-order valence-electron chi connectivity index (χ4n) is 3.08. The number of likely N-dealkylation sites (tertiary alicyclic amines) is 1. The third-order valence-corrected chi connectivity index (χ3v) is 4.53. The van der Waals surface area contributed by atoms with Crippen molar-refractivity contribution in [1.82, 2.24) is 15.0 Å². The molecule has 1 fully saturated rings. The molecule has 5 heteroatoms. The van der Waals surface area contributed by atoms with Crippen LogP contribution in [0.2, 0.25) is 0 Å². The molecule has 0 bridgehead atoms. The number of hydrogen-bond acceptors (Lipinski definition) is 4. The largest absolute Gasteiger partial charge is 0.342 e. The number of nitrogens with zero attached hydrogens (tertiary/aromatic N) is 3. The SMILES string of the molecule is CCC(=O)N1CC[C@@H](c2nc(Cc3cc(C)ccc3C)no2)C1. The minimum atomic E-state index is 0.172. The lowest BCUT2D eigenvalue weighted by atomic mass is 10.0. The molecule has 1 aliphatic heterocycles. The molecule has 2 aromatic rings. The Morgan fingerprint density at radius 1 is 1.39 bits per heavy atom. The van der Waals surface area contributed by atoms with E-state index in [2.05, 4.69) is 42.2 Å². The van der Waals surface area contributed by atoms with Crippen molar-refractivity contribution >= 4 is 5.91 Å². The number of carbonyl (C=O) groups is 1. The number of amides is 1. The molecular weight excluding hydrogens is 290 g/mol. The number of aromatic nitrogens is 2. The Kier molecular flexibility index (Phi) is 4.46. The van der Waals surface area contributed by atoms with E-state index in [-0.39, 0.29) is 11.8 Å². The highest BCUT2D eigenvalue weighted by Gasteiger charge is 2.30. The molecule has 1 aromatic carbocycles. The van der Waals surface area contributed by atoms with Crippen molar-refractivity contribution < 1.29 is 9.32 Å². The molecule has 0 spiro atoms. The Morgan fingerprint density at radius 3 is 3.00 bits per heavy atom. The zero-order valence-corrected chi connectivity index (χ0v) is 14.0. The van der Waals surface area contributed by atoms with Gasteiger partial charge in [-0.15, -0.1) is 0 Å². The quantitative estimate of drug-likeness (QED) is 0.870. The smallest absolute Gasteiger partial charge is 0.231 e. The lowest BCUT2D eigenvalue weighted by molar-refractivity contribution is -0.129. The molecule has 1 aliphatic rings. The first-order valence-electron chi connectivity index (χ1n) is 8.23. The van der Waals surface area contributed by atoms with Gasteiger partial charge in [-0.25, -0.2) is 0 Å². The minimum absolute atomic E-state index is 0.172. The molecule has 5 nitrogen and oxygen atoms in total. The average molecular weight is 313 g/mol. The molecule has 122 valence electrons. The number of aryl methyl sites for hydroxylation is 2. The third-order valence-electron chi connectivity index (χ3n) is 4.53. The van der Waals surface area contributed by atoms with Crippen LogP contribution in [0.25, 0.3) is 0 Å². The first-order valence-corrected chi connectivity index (χ1v) is 8.23. The van der Waals surface area contributed by atoms with Gasteiger partial charge >= 0.3 is 0 Å². The topological polar surface area (TPSA) is 59.2 Å². The zero-order valence-electron chi connectivity index (χ0n) is 14.0. The van der Waals surface area contributed by atoms with Crippen molar-refractivity contribution in [3.8, 4) is 0 Å². The molecule has 1 aromatic heterocycles. The highest BCUT2D eigenvalue weighted by molar-refractivity contribution is 5.76. The predicted molar refractivity (Wildman–Crippen MR) is 87.2 cm³/mol. The van der Waals surface area contributed by atoms with Crippen molar-refractivity contribution in [3.05, 3.63) is 46.6 Å². The Bertz CT molecular complexity index is 708. The van der Waals surface area contributed by atoms with Gasteiger partial charge in [-0.2, -0.15) is 4.98 Å². The predicted octanol–water partition coefficient (Wildman–Crippen LogP) is 3.00. The maximum Gasteiger partial charge on any atom is 0.231 e. The van der Waals surface area contributed by atoms with Crippen molar-refractivity contribution in [2.45, 2.75) is 46.0 Å². The normalized spacial score (nSPS) is 17.7. The summed E-state index contributed by atoms with van der Waals surface area (Å²) in [6.45, 7) is 7.55. The van der Waals surface area contributed by atoms with E-state index in [4.69, 9.17) is 4.52 Å². The number of hydrogen-bond donors (Lipinski definition) is 0. The van der Waals surface area contributed by atoms with Gasteiger partial charge in [-0.1, -0.05) is 35.8 Å². The van der Waals surface area contributed by atoms with E-state index in [0.717, 1.165) is 13.0 Å². The fourth-order valence-corrected chi connectivity index (χ4v) is 3.08. The van der Waals surface area contributed by atoms with Gasteiger partial charge in [0.1, 0.15) is 0 Å². The maximum atomic E-state index is 11.8. The molecule has 1 amide bonds. The van der Waals surface area contributed by atoms with Crippen LogP contribution >= 0.6 is 0 Å². The van der Waals surface area contributed by atoms with E-state index in [1.54, 1.807) is 0 Å². The summed E-state index contributed by atoms with van der Waals surface area (Å²) in [5, 5.41) is 4.13. The summed E-state index contributed by atoms with van der Waals surface area (Å²) in [6.07, 6.45) is 2.13. The molecule has 2 heterocycles. The summed E-state index contributed by atoms with van der Waals surface area (Å²) < 4.78 is 5.45. The zero-order chi connectivity index (χ0) is 16.4. The van der Waals surface area contributed by atoms with Crippen LogP contribution in [0.15, 0.2) is 22.7 Å². The van der Waals surface area contributed by atoms with E-state index in [1.807, 2.05) is 11.8 Å². The van der Waals surface area contributed by atoms with E-state index in [0.29, 0.717) is 31.1 Å². The third kappa shape index (κ3) is 3.44. The van der Waals surface area contributed by atoms with Crippen LogP contribution in [0, 0.1) is 13.8 Å². The second-order valence-electron chi connectivity index (χ2n) is 6.33. The Hall–Kier alpha value is -2.17. The van der Waals surface area contributed by atoms with Crippen LogP contribution in [-0.2, 0) is 11.2 Å². The first-order chi connectivity index (χ1) is 11.1. The standard InChI is InChI=1S/C18H23N3O2/c1-4-17(22)21-8-7-14(11-21)18-19-16(20-23-18)10-15-9-12(2)5-6-13(15)3/h5-6,9,14H,4,7-8,10-11H2,1-3H3/t14-/m1/s1. The lowest BCUT2D eigenvalue weighted by Crippen LogP contribution is -2.27. The summed E-state index contributed by atoms with van der Waals surface area (Å²) in [5.41, 5.74) is 3.70. The van der Waals surface area contributed by atoms with Gasteiger partial charge < -0.3 is 9.42 Å². The average Bonchev–Trinajstić information content (AvgIpc) is 3.19. The van der Waals surface area contributed by atoms with Crippen molar-refractivity contribution in [1.29, 1.82) is 0 Å². The molecule has 23 heavy (non-hydrogen) atoms. The Labute approximate surface area is 136 Å². The van der Waals surface area contributed by atoms with Crippen LogP contribution in [-0.4, -0.2) is 34.0 Å². The van der Waals surface area contributed by atoms with Crippen LogP contribution in [0.5, 0.6) is 0 Å². The summed E-state index contributed by atoms with van der Waals surface area (Å²) in [6, 6.07) is 6.40. The molecule has 0 unspecified atom stereocenters. The monoisotopic (exact) mass is 313 g/mol. The fraction of sp³-hybridized carbons (Fsp3) is 0.500. The lowest BCUT2D eigenvalue weighted by Gasteiger charge is -2.13. The summed E-state index contributed by atoms with van der Waals surface area (Å²) in [4.78, 5) is 18.2. The van der Waals surface area contributed by atoms with Crippen molar-refractivity contribution in [2.75, 3.05) is 13.1 Å². The second-order valence-corrected chi connectivity index (χ2v) is 6.33. The number of benzene rings is 1. The molecule has 1 atom stereocenters.